The Balaban J connectivity index is 4.47. The maximum absolute atomic E-state index is 11.2. The van der Waals surface area contributed by atoms with Crippen LogP contribution in [0.15, 0.2) is 36.0 Å². The van der Waals surface area contributed by atoms with E-state index in [0.717, 1.165) is 32.1 Å². The Bertz CT molecular complexity index is 1620. The molecule has 11 nitrogen and oxygen atoms in total. The Hall–Kier alpha value is -1.22. The van der Waals surface area contributed by atoms with E-state index < -0.39 is 61.6 Å². The lowest BCUT2D eigenvalue weighted by Gasteiger charge is -2.31. The maximum atomic E-state index is 11.2. The van der Waals surface area contributed by atoms with Gasteiger partial charge in [-0.15, -0.1) is 6.58 Å². The van der Waals surface area contributed by atoms with Crippen LogP contribution in [0.2, 0.25) is 0 Å². The van der Waals surface area contributed by atoms with Gasteiger partial charge in [-0.05, 0) is 315 Å². The van der Waals surface area contributed by atoms with Gasteiger partial charge in [0.2, 0.25) is 0 Å². The highest BCUT2D eigenvalue weighted by atomic mass is 16.3. The summed E-state index contributed by atoms with van der Waals surface area (Å²) < 4.78 is 0. The van der Waals surface area contributed by atoms with Crippen LogP contribution in [0.25, 0.3) is 0 Å². The first-order valence-electron chi connectivity index (χ1n) is 30.3. The van der Waals surface area contributed by atoms with Crippen molar-refractivity contribution in [2.45, 2.75) is 377 Å². The number of hydrogen-bond acceptors (Lipinski definition) is 11. The normalized spacial score (nSPS) is 21.4. The van der Waals surface area contributed by atoms with E-state index in [2.05, 4.69) is 39.5 Å². The Morgan fingerprint density at radius 2 is 0.461 bits per heavy atom. The molecule has 0 aliphatic carbocycles. The quantitative estimate of drug-likeness (QED) is 0.0257. The molecule has 0 fully saturated rings. The van der Waals surface area contributed by atoms with E-state index >= 15 is 0 Å². The fourth-order valence-electron chi connectivity index (χ4n) is 11.1. The van der Waals surface area contributed by atoms with Gasteiger partial charge in [-0.3, -0.25) is 0 Å². The van der Waals surface area contributed by atoms with E-state index in [0.29, 0.717) is 186 Å². The molecule has 0 aromatic rings. The van der Waals surface area contributed by atoms with Crippen molar-refractivity contribution in [2.75, 3.05) is 0 Å². The lowest BCUT2D eigenvalue weighted by molar-refractivity contribution is -0.00901. The highest BCUT2D eigenvalue weighted by Gasteiger charge is 2.32. The summed E-state index contributed by atoms with van der Waals surface area (Å²) >= 11 is 0. The van der Waals surface area contributed by atoms with Crippen molar-refractivity contribution >= 4 is 0 Å². The van der Waals surface area contributed by atoms with Crippen LogP contribution in [-0.2, 0) is 0 Å². The predicted octanol–water partition coefficient (Wildman–Crippen LogP) is 13.6. The molecule has 0 aliphatic heterocycles. The maximum Gasteiger partial charge on any atom is 0.0800 e. The van der Waals surface area contributed by atoms with Crippen LogP contribution in [0, 0.1) is 0 Å². The molecule has 0 aromatic carbocycles. The third-order valence-electron chi connectivity index (χ3n) is 17.0. The molecule has 0 spiro atoms. The third kappa shape index (κ3) is 41.7. The molecular weight excluding hydrogens is 957 g/mol. The minimum Gasteiger partial charge on any atom is -0.390 e. The largest absolute Gasteiger partial charge is 0.390 e. The lowest BCUT2D eigenvalue weighted by Crippen LogP contribution is -2.31. The Morgan fingerprint density at radius 1 is 0.276 bits per heavy atom. The Kier molecular flexibility index (Phi) is 33.1. The van der Waals surface area contributed by atoms with Crippen LogP contribution < -0.4 is 0 Å². The van der Waals surface area contributed by atoms with E-state index in [1.54, 1.807) is 13.0 Å². The van der Waals surface area contributed by atoms with Gasteiger partial charge in [-0.25, -0.2) is 0 Å². The van der Waals surface area contributed by atoms with Crippen molar-refractivity contribution in [1.82, 2.24) is 0 Å². The van der Waals surface area contributed by atoms with E-state index in [9.17, 15) is 56.2 Å². The van der Waals surface area contributed by atoms with Crippen LogP contribution in [0.1, 0.15) is 315 Å². The average molecular weight is 1080 g/mol. The van der Waals surface area contributed by atoms with E-state index in [4.69, 9.17) is 0 Å². The van der Waals surface area contributed by atoms with Gasteiger partial charge < -0.3 is 56.2 Å². The van der Waals surface area contributed by atoms with Gasteiger partial charge in [0.25, 0.3) is 0 Å². The van der Waals surface area contributed by atoms with Crippen molar-refractivity contribution in [3.05, 3.63) is 36.0 Å². The van der Waals surface area contributed by atoms with Crippen LogP contribution in [0.5, 0.6) is 0 Å². The van der Waals surface area contributed by atoms with Gasteiger partial charge in [0.1, 0.15) is 0 Å². The van der Waals surface area contributed by atoms with Crippen molar-refractivity contribution in [3.63, 3.8) is 0 Å². The predicted molar refractivity (Wildman–Crippen MR) is 317 cm³/mol. The fraction of sp³-hybridized carbons (Fsp3) is 0.908. The molecule has 0 amide bonds. The molecule has 0 bridgehead atoms. The Labute approximate surface area is 467 Å². The SMILES string of the molecule is C=CC(C)(O)CCC=C(C)CCCC(C)(O)CCCC(C)(O)CCCC(C)(O)CCCC(C)(O)CCCC(C)(O)CCCC(C)(O)CCCC(C)(O)CCCC(C)(O)CCCC(C)(O)CCCC(C)(O)CCC=C(C)C. The minimum absolute atomic E-state index is 0.528. The van der Waals surface area contributed by atoms with Gasteiger partial charge in [-0.1, -0.05) is 29.4 Å². The molecule has 0 saturated carbocycles. The van der Waals surface area contributed by atoms with Crippen LogP contribution in [-0.4, -0.2) is 118 Å². The average Bonchev–Trinajstić information content (AvgIpc) is 3.21. The standard InChI is InChI=1S/C65H126O11/c1-16-55(5,66)32-18-30-54(4)31-19-34-57(7,68)36-21-38-59(9,70)40-23-42-61(11,72)44-25-46-63(13,74)48-27-50-65(15,76)52-28-51-64(14,75)49-26-47-62(12,73)45-24-43-60(10,71)41-22-39-58(8,69)37-20-35-56(6,67)33-17-29-53(2)3/h16,29-30,66-76H,1,17-28,31-52H2,2-15H3. The number of aliphatic hydroxyl groups is 11. The topological polar surface area (TPSA) is 223 Å². The smallest absolute Gasteiger partial charge is 0.0800 e. The van der Waals surface area contributed by atoms with E-state index in [1.165, 1.54) is 11.1 Å². The van der Waals surface area contributed by atoms with E-state index in [-0.39, 0.29) is 0 Å². The highest BCUT2D eigenvalue weighted by molar-refractivity contribution is 5.01. The molecule has 0 aromatic heterocycles. The summed E-state index contributed by atoms with van der Waals surface area (Å²) in [7, 11) is 0. The number of rotatable bonds is 47. The first kappa shape index (κ1) is 74.8. The first-order valence-corrected chi connectivity index (χ1v) is 30.3. The van der Waals surface area contributed by atoms with Crippen molar-refractivity contribution in [2.24, 2.45) is 0 Å². The summed E-state index contributed by atoms with van der Waals surface area (Å²) in [6.45, 7) is 30.0. The molecule has 76 heavy (non-hydrogen) atoms. The summed E-state index contributed by atoms with van der Waals surface area (Å²) in [6.07, 6.45) is 27.3. The van der Waals surface area contributed by atoms with Crippen molar-refractivity contribution < 1.29 is 56.2 Å². The second-order valence-corrected chi connectivity index (χ2v) is 28.5. The minimum atomic E-state index is -0.931. The number of allylic oxidation sites excluding steroid dienone is 4. The summed E-state index contributed by atoms with van der Waals surface area (Å²) in [6, 6.07) is 0. The van der Waals surface area contributed by atoms with Crippen LogP contribution in [0.4, 0.5) is 0 Å². The van der Waals surface area contributed by atoms with Crippen LogP contribution in [0.3, 0.4) is 0 Å². The van der Waals surface area contributed by atoms with E-state index in [1.807, 2.05) is 69.2 Å². The molecule has 0 radical (unpaired) electrons. The summed E-state index contributed by atoms with van der Waals surface area (Å²) in [5, 5.41) is 121. The molecule has 11 unspecified atom stereocenters. The van der Waals surface area contributed by atoms with Gasteiger partial charge in [0.15, 0.2) is 0 Å². The number of hydrogen-bond donors (Lipinski definition) is 11. The zero-order valence-electron chi connectivity index (χ0n) is 51.9. The molecule has 452 valence electrons. The van der Waals surface area contributed by atoms with Crippen LogP contribution >= 0.6 is 0 Å². The monoisotopic (exact) mass is 1080 g/mol. The van der Waals surface area contributed by atoms with Gasteiger partial charge in [0.05, 0.1) is 61.6 Å². The second kappa shape index (κ2) is 33.6. The van der Waals surface area contributed by atoms with Gasteiger partial charge >= 0.3 is 0 Å². The molecule has 0 heterocycles. The Morgan fingerprint density at radius 3 is 0.658 bits per heavy atom. The highest BCUT2D eigenvalue weighted by Crippen LogP contribution is 2.34. The molecule has 11 N–H and O–H groups in total. The zero-order valence-corrected chi connectivity index (χ0v) is 51.9. The molecule has 11 heteroatoms. The summed E-state index contributed by atoms with van der Waals surface area (Å²) in [4.78, 5) is 0. The fourth-order valence-corrected chi connectivity index (χ4v) is 11.1. The second-order valence-electron chi connectivity index (χ2n) is 28.5. The zero-order chi connectivity index (χ0) is 58.8. The van der Waals surface area contributed by atoms with Gasteiger partial charge in [0, 0.05) is 0 Å². The summed E-state index contributed by atoms with van der Waals surface area (Å²) in [5.74, 6) is 0. The molecular formula is C65H126O11. The van der Waals surface area contributed by atoms with Crippen molar-refractivity contribution in [1.29, 1.82) is 0 Å². The molecule has 0 rings (SSSR count). The van der Waals surface area contributed by atoms with Crippen molar-refractivity contribution in [3.8, 4) is 0 Å². The third-order valence-corrected chi connectivity index (χ3v) is 17.0. The lowest BCUT2D eigenvalue weighted by atomic mass is 9.83. The first-order chi connectivity index (χ1) is 34.4. The summed E-state index contributed by atoms with van der Waals surface area (Å²) in [5.41, 5.74) is -7.16. The molecule has 0 aliphatic rings. The molecule has 11 atom stereocenters. The molecule has 0 saturated heterocycles. The van der Waals surface area contributed by atoms with Gasteiger partial charge in [-0.2, -0.15) is 0 Å².